The van der Waals surface area contributed by atoms with Gasteiger partial charge >= 0.3 is 0 Å². The van der Waals surface area contributed by atoms with Crippen LogP contribution in [0.1, 0.15) is 15.4 Å². The standard InChI is InChI=1S/C12H12ClN3OS/c1-16(5-4-9-3-2-6-18-9)12(17)10-7-15-11(13)8-14-10/h2-3,6-8H,4-5H2,1H3. The van der Waals surface area contributed by atoms with E-state index in [0.29, 0.717) is 12.2 Å². The predicted octanol–water partition coefficient (Wildman–Crippen LogP) is 2.51. The summed E-state index contributed by atoms with van der Waals surface area (Å²) < 4.78 is 0. The first-order chi connectivity index (χ1) is 8.66. The van der Waals surface area contributed by atoms with E-state index in [0.717, 1.165) is 6.42 Å². The van der Waals surface area contributed by atoms with Gasteiger partial charge in [-0.2, -0.15) is 0 Å². The summed E-state index contributed by atoms with van der Waals surface area (Å²) in [7, 11) is 1.76. The van der Waals surface area contributed by atoms with Gasteiger partial charge in [-0.3, -0.25) is 4.79 Å². The maximum absolute atomic E-state index is 12.0. The molecule has 18 heavy (non-hydrogen) atoms. The molecule has 2 aromatic rings. The average molecular weight is 282 g/mol. The van der Waals surface area contributed by atoms with Crippen molar-refractivity contribution < 1.29 is 4.79 Å². The topological polar surface area (TPSA) is 46.1 Å². The van der Waals surface area contributed by atoms with Crippen LogP contribution in [0.2, 0.25) is 5.15 Å². The zero-order chi connectivity index (χ0) is 13.0. The second-order valence-corrected chi connectivity index (χ2v) is 5.20. The Labute approximate surface area is 114 Å². The fraction of sp³-hybridized carbons (Fsp3) is 0.250. The van der Waals surface area contributed by atoms with E-state index in [9.17, 15) is 4.79 Å². The molecule has 0 aromatic carbocycles. The van der Waals surface area contributed by atoms with Crippen molar-refractivity contribution in [2.24, 2.45) is 0 Å². The smallest absolute Gasteiger partial charge is 0.273 e. The highest BCUT2D eigenvalue weighted by molar-refractivity contribution is 7.09. The number of carbonyl (C=O) groups excluding carboxylic acids is 1. The highest BCUT2D eigenvalue weighted by Gasteiger charge is 2.13. The van der Waals surface area contributed by atoms with Gasteiger partial charge in [-0.15, -0.1) is 11.3 Å². The maximum Gasteiger partial charge on any atom is 0.273 e. The molecule has 1 amide bonds. The Kier molecular flexibility index (Phi) is 4.28. The molecular formula is C12H12ClN3OS. The van der Waals surface area contributed by atoms with E-state index >= 15 is 0 Å². The maximum atomic E-state index is 12.0. The van der Waals surface area contributed by atoms with Crippen LogP contribution in [0.3, 0.4) is 0 Å². The van der Waals surface area contributed by atoms with Gasteiger partial charge in [-0.25, -0.2) is 9.97 Å². The Bertz CT molecular complexity index is 513. The Morgan fingerprint density at radius 1 is 1.44 bits per heavy atom. The minimum Gasteiger partial charge on any atom is -0.340 e. The van der Waals surface area contributed by atoms with Gasteiger partial charge in [0.05, 0.1) is 12.4 Å². The quantitative estimate of drug-likeness (QED) is 0.865. The molecule has 0 aliphatic heterocycles. The minimum absolute atomic E-state index is 0.143. The first-order valence-corrected chi connectivity index (χ1v) is 6.68. The van der Waals surface area contributed by atoms with Crippen LogP contribution in [-0.4, -0.2) is 34.4 Å². The van der Waals surface area contributed by atoms with Crippen molar-refractivity contribution in [2.45, 2.75) is 6.42 Å². The first kappa shape index (κ1) is 13.0. The molecule has 94 valence electrons. The number of hydrogen-bond acceptors (Lipinski definition) is 4. The van der Waals surface area contributed by atoms with Gasteiger partial charge in [0, 0.05) is 18.5 Å². The lowest BCUT2D eigenvalue weighted by Gasteiger charge is -2.15. The third kappa shape index (κ3) is 3.27. The number of carbonyl (C=O) groups is 1. The van der Waals surface area contributed by atoms with E-state index in [1.165, 1.54) is 17.3 Å². The third-order valence-electron chi connectivity index (χ3n) is 2.46. The molecule has 0 fully saturated rings. The minimum atomic E-state index is -0.143. The fourth-order valence-corrected chi connectivity index (χ4v) is 2.25. The van der Waals surface area contributed by atoms with Crippen LogP contribution in [0.25, 0.3) is 0 Å². The van der Waals surface area contributed by atoms with Crippen LogP contribution in [0, 0.1) is 0 Å². The summed E-state index contributed by atoms with van der Waals surface area (Å²) in [4.78, 5) is 22.7. The van der Waals surface area contributed by atoms with E-state index in [4.69, 9.17) is 11.6 Å². The number of rotatable bonds is 4. The molecular weight excluding hydrogens is 270 g/mol. The summed E-state index contributed by atoms with van der Waals surface area (Å²) in [6, 6.07) is 4.07. The Hall–Kier alpha value is -1.46. The molecule has 0 aliphatic carbocycles. The average Bonchev–Trinajstić information content (AvgIpc) is 2.89. The number of thiophene rings is 1. The Morgan fingerprint density at radius 2 is 2.28 bits per heavy atom. The molecule has 0 radical (unpaired) electrons. The van der Waals surface area contributed by atoms with Crippen molar-refractivity contribution in [1.82, 2.24) is 14.9 Å². The van der Waals surface area contributed by atoms with Crippen LogP contribution in [0.15, 0.2) is 29.9 Å². The molecule has 4 nitrogen and oxygen atoms in total. The van der Waals surface area contributed by atoms with Crippen LogP contribution < -0.4 is 0 Å². The summed E-state index contributed by atoms with van der Waals surface area (Å²) in [5.74, 6) is -0.143. The van der Waals surface area contributed by atoms with Gasteiger partial charge in [0.1, 0.15) is 10.8 Å². The lowest BCUT2D eigenvalue weighted by atomic mass is 10.3. The number of likely N-dealkylation sites (N-methyl/N-ethyl adjacent to an activating group) is 1. The number of amides is 1. The van der Waals surface area contributed by atoms with Gasteiger partial charge in [-0.1, -0.05) is 17.7 Å². The second kappa shape index (κ2) is 5.93. The Balaban J connectivity index is 1.94. The normalized spacial score (nSPS) is 10.3. The van der Waals surface area contributed by atoms with Gasteiger partial charge in [-0.05, 0) is 17.9 Å². The molecule has 0 spiro atoms. The number of nitrogens with zero attached hydrogens (tertiary/aromatic N) is 3. The lowest BCUT2D eigenvalue weighted by molar-refractivity contribution is 0.0790. The Morgan fingerprint density at radius 3 is 2.89 bits per heavy atom. The summed E-state index contributed by atoms with van der Waals surface area (Å²) in [6.07, 6.45) is 3.62. The number of aromatic nitrogens is 2. The molecule has 0 atom stereocenters. The summed E-state index contributed by atoms with van der Waals surface area (Å²) in [5.41, 5.74) is 0.313. The molecule has 6 heteroatoms. The van der Waals surface area contributed by atoms with E-state index < -0.39 is 0 Å². The largest absolute Gasteiger partial charge is 0.340 e. The van der Waals surface area contributed by atoms with Crippen molar-refractivity contribution in [3.63, 3.8) is 0 Å². The molecule has 0 aliphatic rings. The van der Waals surface area contributed by atoms with Gasteiger partial charge < -0.3 is 4.90 Å². The lowest BCUT2D eigenvalue weighted by Crippen LogP contribution is -2.29. The number of hydrogen-bond donors (Lipinski definition) is 0. The number of halogens is 1. The van der Waals surface area contributed by atoms with Crippen LogP contribution >= 0.6 is 22.9 Å². The fourth-order valence-electron chi connectivity index (χ4n) is 1.45. The molecule has 2 heterocycles. The van der Waals surface area contributed by atoms with Gasteiger partial charge in [0.2, 0.25) is 0 Å². The van der Waals surface area contributed by atoms with Crippen molar-refractivity contribution in [3.8, 4) is 0 Å². The summed E-state index contributed by atoms with van der Waals surface area (Å²) >= 11 is 7.32. The highest BCUT2D eigenvalue weighted by Crippen LogP contribution is 2.10. The van der Waals surface area contributed by atoms with Crippen molar-refractivity contribution in [1.29, 1.82) is 0 Å². The summed E-state index contributed by atoms with van der Waals surface area (Å²) in [6.45, 7) is 0.656. The molecule has 0 saturated carbocycles. The van der Waals surface area contributed by atoms with Crippen molar-refractivity contribution in [2.75, 3.05) is 13.6 Å². The molecule has 2 rings (SSSR count). The molecule has 0 unspecified atom stereocenters. The van der Waals surface area contributed by atoms with E-state index in [1.807, 2.05) is 11.4 Å². The molecule has 2 aromatic heterocycles. The zero-order valence-corrected chi connectivity index (χ0v) is 11.4. The van der Waals surface area contributed by atoms with E-state index in [-0.39, 0.29) is 11.1 Å². The summed E-state index contributed by atoms with van der Waals surface area (Å²) in [5, 5.41) is 2.31. The van der Waals surface area contributed by atoms with Crippen molar-refractivity contribution >= 4 is 28.8 Å². The van der Waals surface area contributed by atoms with Crippen LogP contribution in [-0.2, 0) is 6.42 Å². The zero-order valence-electron chi connectivity index (χ0n) is 9.84. The van der Waals surface area contributed by atoms with Gasteiger partial charge in [0.15, 0.2) is 0 Å². The van der Waals surface area contributed by atoms with Gasteiger partial charge in [0.25, 0.3) is 5.91 Å². The molecule has 0 N–H and O–H groups in total. The monoisotopic (exact) mass is 281 g/mol. The third-order valence-corrected chi connectivity index (χ3v) is 3.59. The SMILES string of the molecule is CN(CCc1cccs1)C(=O)c1cnc(Cl)cn1. The van der Waals surface area contributed by atoms with Crippen molar-refractivity contribution in [3.05, 3.63) is 45.6 Å². The molecule has 0 saturated heterocycles. The van der Waals surface area contributed by atoms with Crippen LogP contribution in [0.5, 0.6) is 0 Å². The second-order valence-electron chi connectivity index (χ2n) is 3.78. The highest BCUT2D eigenvalue weighted by atomic mass is 35.5. The van der Waals surface area contributed by atoms with Crippen LogP contribution in [0.4, 0.5) is 0 Å². The van der Waals surface area contributed by atoms with E-state index in [2.05, 4.69) is 16.0 Å². The molecule has 0 bridgehead atoms. The van der Waals surface area contributed by atoms with E-state index in [1.54, 1.807) is 23.3 Å². The predicted molar refractivity (Wildman–Crippen MR) is 72.0 cm³/mol. The first-order valence-electron chi connectivity index (χ1n) is 5.42.